The van der Waals surface area contributed by atoms with Gasteiger partial charge in [0.15, 0.2) is 0 Å². The van der Waals surface area contributed by atoms with E-state index in [4.69, 9.17) is 10.5 Å². The zero-order valence-corrected chi connectivity index (χ0v) is 8.07. The molecule has 1 fully saturated rings. The Morgan fingerprint density at radius 1 is 1.36 bits per heavy atom. The summed E-state index contributed by atoms with van der Waals surface area (Å²) in [6.07, 6.45) is 2.08. The van der Waals surface area contributed by atoms with Crippen molar-refractivity contribution in [1.82, 2.24) is 4.98 Å². The molecule has 1 aliphatic rings. The molecule has 1 saturated heterocycles. The van der Waals surface area contributed by atoms with Crippen molar-refractivity contribution in [2.45, 2.75) is 18.9 Å². The molecule has 4 heteroatoms. The van der Waals surface area contributed by atoms with Crippen LogP contribution in [0.5, 0.6) is 0 Å². The molecule has 1 aromatic rings. The molecule has 0 aliphatic carbocycles. The summed E-state index contributed by atoms with van der Waals surface area (Å²) in [4.78, 5) is 4.19. The van der Waals surface area contributed by atoms with Gasteiger partial charge in [0.05, 0.1) is 0 Å². The predicted molar refractivity (Wildman–Crippen MR) is 56.1 cm³/mol. The summed E-state index contributed by atoms with van der Waals surface area (Å²) in [6, 6.07) is 6.10. The lowest BCUT2D eigenvalue weighted by molar-refractivity contribution is 0.0904. The van der Waals surface area contributed by atoms with Crippen LogP contribution in [-0.4, -0.2) is 24.2 Å². The first-order chi connectivity index (χ1) is 6.84. The molecule has 0 amide bonds. The second kappa shape index (κ2) is 4.28. The first-order valence-electron chi connectivity index (χ1n) is 4.91. The second-order valence-corrected chi connectivity index (χ2v) is 3.48. The van der Waals surface area contributed by atoms with E-state index in [0.717, 1.165) is 31.9 Å². The molecule has 0 bridgehead atoms. The predicted octanol–water partition coefficient (Wildman–Crippen LogP) is 1.25. The number of nitrogen functional groups attached to an aromatic ring is 1. The van der Waals surface area contributed by atoms with E-state index in [1.165, 1.54) is 0 Å². The van der Waals surface area contributed by atoms with E-state index < -0.39 is 0 Å². The van der Waals surface area contributed by atoms with Gasteiger partial charge in [-0.15, -0.1) is 0 Å². The molecule has 0 spiro atoms. The highest BCUT2D eigenvalue weighted by Crippen LogP contribution is 2.13. The molecule has 4 nitrogen and oxygen atoms in total. The van der Waals surface area contributed by atoms with E-state index in [1.54, 1.807) is 6.07 Å². The van der Waals surface area contributed by atoms with E-state index >= 15 is 0 Å². The minimum absolute atomic E-state index is 0.470. The molecule has 0 aromatic carbocycles. The van der Waals surface area contributed by atoms with E-state index in [2.05, 4.69) is 10.3 Å². The van der Waals surface area contributed by atoms with Crippen LogP contribution < -0.4 is 11.1 Å². The van der Waals surface area contributed by atoms with Crippen molar-refractivity contribution in [1.29, 1.82) is 0 Å². The first kappa shape index (κ1) is 9.27. The SMILES string of the molecule is Nc1cccc(NC2CCOCC2)n1. The lowest BCUT2D eigenvalue weighted by Crippen LogP contribution is -2.28. The van der Waals surface area contributed by atoms with Crippen molar-refractivity contribution in [3.05, 3.63) is 18.2 Å². The van der Waals surface area contributed by atoms with E-state index in [-0.39, 0.29) is 0 Å². The molecule has 14 heavy (non-hydrogen) atoms. The Labute approximate surface area is 83.5 Å². The molecule has 1 aromatic heterocycles. The molecule has 2 rings (SSSR count). The van der Waals surface area contributed by atoms with Gasteiger partial charge in [-0.1, -0.05) is 6.07 Å². The highest BCUT2D eigenvalue weighted by Gasteiger charge is 2.13. The number of ether oxygens (including phenoxy) is 1. The number of rotatable bonds is 2. The van der Waals surface area contributed by atoms with Gasteiger partial charge in [0, 0.05) is 19.3 Å². The normalized spacial score (nSPS) is 18.0. The Hall–Kier alpha value is -1.29. The summed E-state index contributed by atoms with van der Waals surface area (Å²) in [7, 11) is 0. The number of hydrogen-bond donors (Lipinski definition) is 2. The minimum Gasteiger partial charge on any atom is -0.384 e. The zero-order chi connectivity index (χ0) is 9.80. The number of nitrogens with zero attached hydrogens (tertiary/aromatic N) is 1. The fraction of sp³-hybridized carbons (Fsp3) is 0.500. The first-order valence-corrected chi connectivity index (χ1v) is 4.91. The minimum atomic E-state index is 0.470. The van der Waals surface area contributed by atoms with Crippen LogP contribution in [0.3, 0.4) is 0 Å². The average molecular weight is 193 g/mol. The molecule has 1 aliphatic heterocycles. The van der Waals surface area contributed by atoms with Crippen molar-refractivity contribution in [3.8, 4) is 0 Å². The number of anilines is 2. The summed E-state index contributed by atoms with van der Waals surface area (Å²) in [5.74, 6) is 1.42. The van der Waals surface area contributed by atoms with Gasteiger partial charge in [0.1, 0.15) is 11.6 Å². The average Bonchev–Trinajstić information content (AvgIpc) is 2.19. The van der Waals surface area contributed by atoms with Crippen LogP contribution in [0.15, 0.2) is 18.2 Å². The number of nitrogens with two attached hydrogens (primary N) is 1. The maximum absolute atomic E-state index is 5.59. The summed E-state index contributed by atoms with van der Waals surface area (Å²) in [5.41, 5.74) is 5.59. The second-order valence-electron chi connectivity index (χ2n) is 3.48. The summed E-state index contributed by atoms with van der Waals surface area (Å²) < 4.78 is 5.28. The monoisotopic (exact) mass is 193 g/mol. The number of hydrogen-bond acceptors (Lipinski definition) is 4. The maximum Gasteiger partial charge on any atom is 0.128 e. The summed E-state index contributed by atoms with van der Waals surface area (Å²) >= 11 is 0. The standard InChI is InChI=1S/C10H15N3O/c11-9-2-1-3-10(13-9)12-8-4-6-14-7-5-8/h1-3,8H,4-7H2,(H3,11,12,13). The van der Waals surface area contributed by atoms with E-state index in [1.807, 2.05) is 12.1 Å². The van der Waals surface area contributed by atoms with Gasteiger partial charge in [-0.25, -0.2) is 4.98 Å². The van der Waals surface area contributed by atoms with E-state index in [9.17, 15) is 0 Å². The molecule has 3 N–H and O–H groups in total. The summed E-state index contributed by atoms with van der Waals surface area (Å²) in [6.45, 7) is 1.67. The van der Waals surface area contributed by atoms with Crippen molar-refractivity contribution in [2.24, 2.45) is 0 Å². The highest BCUT2D eigenvalue weighted by atomic mass is 16.5. The topological polar surface area (TPSA) is 60.2 Å². The van der Waals surface area contributed by atoms with Crippen LogP contribution in [-0.2, 0) is 4.74 Å². The Morgan fingerprint density at radius 3 is 2.86 bits per heavy atom. The van der Waals surface area contributed by atoms with Crippen molar-refractivity contribution < 1.29 is 4.74 Å². The molecule has 0 saturated carbocycles. The van der Waals surface area contributed by atoms with Crippen LogP contribution in [0.25, 0.3) is 0 Å². The Morgan fingerprint density at radius 2 is 2.14 bits per heavy atom. The molecule has 0 radical (unpaired) electrons. The van der Waals surface area contributed by atoms with Crippen LogP contribution in [0, 0.1) is 0 Å². The van der Waals surface area contributed by atoms with Gasteiger partial charge in [-0.05, 0) is 25.0 Å². The quantitative estimate of drug-likeness (QED) is 0.742. The van der Waals surface area contributed by atoms with Crippen LogP contribution >= 0.6 is 0 Å². The number of pyridine rings is 1. The van der Waals surface area contributed by atoms with Crippen molar-refractivity contribution >= 4 is 11.6 Å². The van der Waals surface area contributed by atoms with E-state index in [0.29, 0.717) is 11.9 Å². The maximum atomic E-state index is 5.59. The fourth-order valence-electron chi connectivity index (χ4n) is 1.58. The van der Waals surface area contributed by atoms with Crippen molar-refractivity contribution in [2.75, 3.05) is 24.3 Å². The van der Waals surface area contributed by atoms with Gasteiger partial charge in [0.2, 0.25) is 0 Å². The lowest BCUT2D eigenvalue weighted by atomic mass is 10.1. The number of nitrogens with one attached hydrogen (secondary N) is 1. The Balaban J connectivity index is 1.95. The van der Waals surface area contributed by atoms with Gasteiger partial charge < -0.3 is 15.8 Å². The Kier molecular flexibility index (Phi) is 2.84. The van der Waals surface area contributed by atoms with Crippen LogP contribution in [0.4, 0.5) is 11.6 Å². The third kappa shape index (κ3) is 2.35. The van der Waals surface area contributed by atoms with Crippen molar-refractivity contribution in [3.63, 3.8) is 0 Å². The van der Waals surface area contributed by atoms with Gasteiger partial charge in [-0.2, -0.15) is 0 Å². The fourth-order valence-corrected chi connectivity index (χ4v) is 1.58. The number of aromatic nitrogens is 1. The third-order valence-corrected chi connectivity index (χ3v) is 2.34. The van der Waals surface area contributed by atoms with Gasteiger partial charge in [-0.3, -0.25) is 0 Å². The van der Waals surface area contributed by atoms with Crippen LogP contribution in [0.1, 0.15) is 12.8 Å². The third-order valence-electron chi connectivity index (χ3n) is 2.34. The Bertz CT molecular complexity index is 297. The summed E-state index contributed by atoms with van der Waals surface area (Å²) in [5, 5.41) is 3.35. The zero-order valence-electron chi connectivity index (χ0n) is 8.07. The lowest BCUT2D eigenvalue weighted by Gasteiger charge is -2.23. The molecule has 76 valence electrons. The smallest absolute Gasteiger partial charge is 0.128 e. The molecule has 0 atom stereocenters. The molecule has 2 heterocycles. The highest BCUT2D eigenvalue weighted by molar-refractivity contribution is 5.42. The largest absolute Gasteiger partial charge is 0.384 e. The van der Waals surface area contributed by atoms with Gasteiger partial charge in [0.25, 0.3) is 0 Å². The molecular formula is C10H15N3O. The van der Waals surface area contributed by atoms with Gasteiger partial charge >= 0.3 is 0 Å². The molecule has 0 unspecified atom stereocenters. The molecular weight excluding hydrogens is 178 g/mol. The van der Waals surface area contributed by atoms with Crippen LogP contribution in [0.2, 0.25) is 0 Å².